The standard InChI is InChI=1S/C18H14O6/c1-21-13-5-7-14(8-6-13)22-11-18(20)23-15-4-2-12-3-9-17(19)24-16(12)10-15/h2-10H,11H2,1H3. The number of esters is 1. The van der Waals surface area contributed by atoms with Crippen LogP contribution in [0.5, 0.6) is 17.2 Å². The Balaban J connectivity index is 1.62. The summed E-state index contributed by atoms with van der Waals surface area (Å²) in [6.07, 6.45) is 0. The number of hydrogen-bond donors (Lipinski definition) is 0. The highest BCUT2D eigenvalue weighted by atomic mass is 16.6. The van der Waals surface area contributed by atoms with Crippen molar-refractivity contribution in [1.29, 1.82) is 0 Å². The fourth-order valence-electron chi connectivity index (χ4n) is 2.08. The summed E-state index contributed by atoms with van der Waals surface area (Å²) in [5.41, 5.74) is -0.113. The quantitative estimate of drug-likeness (QED) is 0.408. The van der Waals surface area contributed by atoms with Gasteiger partial charge in [-0.3, -0.25) is 0 Å². The van der Waals surface area contributed by atoms with Gasteiger partial charge in [0.05, 0.1) is 7.11 Å². The Morgan fingerprint density at radius 2 is 1.62 bits per heavy atom. The Morgan fingerprint density at radius 3 is 2.38 bits per heavy atom. The van der Waals surface area contributed by atoms with Crippen molar-refractivity contribution in [3.05, 3.63) is 65.0 Å². The zero-order valence-corrected chi connectivity index (χ0v) is 12.9. The molecular formula is C18H14O6. The van der Waals surface area contributed by atoms with Gasteiger partial charge < -0.3 is 18.6 Å². The molecule has 6 heteroatoms. The van der Waals surface area contributed by atoms with E-state index in [1.165, 1.54) is 12.1 Å². The number of benzene rings is 2. The lowest BCUT2D eigenvalue weighted by atomic mass is 10.2. The molecule has 0 saturated carbocycles. The smallest absolute Gasteiger partial charge is 0.349 e. The van der Waals surface area contributed by atoms with E-state index in [1.54, 1.807) is 49.6 Å². The summed E-state index contributed by atoms with van der Waals surface area (Å²) in [6.45, 7) is -0.247. The van der Waals surface area contributed by atoms with Crippen molar-refractivity contribution in [2.75, 3.05) is 13.7 Å². The normalized spacial score (nSPS) is 10.4. The molecule has 0 aliphatic rings. The van der Waals surface area contributed by atoms with Crippen LogP contribution in [-0.2, 0) is 4.79 Å². The van der Waals surface area contributed by atoms with Gasteiger partial charge in [-0.25, -0.2) is 9.59 Å². The maximum atomic E-state index is 11.8. The molecule has 0 fully saturated rings. The zero-order chi connectivity index (χ0) is 16.9. The number of methoxy groups -OCH3 is 1. The van der Waals surface area contributed by atoms with Crippen LogP contribution in [0.3, 0.4) is 0 Å². The van der Waals surface area contributed by atoms with Crippen LogP contribution in [0, 0.1) is 0 Å². The molecule has 6 nitrogen and oxygen atoms in total. The molecule has 0 unspecified atom stereocenters. The first-order valence-electron chi connectivity index (χ1n) is 7.15. The Kier molecular flexibility index (Phi) is 4.47. The van der Waals surface area contributed by atoms with Gasteiger partial charge in [-0.05, 0) is 42.5 Å². The number of rotatable bonds is 5. The third-order valence-electron chi connectivity index (χ3n) is 3.24. The number of fused-ring (bicyclic) bond motifs is 1. The fraction of sp³-hybridized carbons (Fsp3) is 0.111. The predicted octanol–water partition coefficient (Wildman–Crippen LogP) is 2.79. The summed E-state index contributed by atoms with van der Waals surface area (Å²) in [5, 5.41) is 0.740. The number of hydrogen-bond acceptors (Lipinski definition) is 6. The molecule has 0 radical (unpaired) electrons. The minimum absolute atomic E-state index is 0.247. The van der Waals surface area contributed by atoms with Crippen LogP contribution in [0.15, 0.2) is 63.8 Å². The second-order valence-corrected chi connectivity index (χ2v) is 4.89. The molecule has 1 aromatic heterocycles. The van der Waals surface area contributed by atoms with Crippen LogP contribution in [0.4, 0.5) is 0 Å². The summed E-state index contributed by atoms with van der Waals surface area (Å²) in [5.74, 6) is 0.934. The van der Waals surface area contributed by atoms with Gasteiger partial charge in [0, 0.05) is 17.5 Å². The van der Waals surface area contributed by atoms with Crippen molar-refractivity contribution in [2.24, 2.45) is 0 Å². The minimum atomic E-state index is -0.566. The average Bonchev–Trinajstić information content (AvgIpc) is 2.60. The molecule has 122 valence electrons. The van der Waals surface area contributed by atoms with Crippen LogP contribution in [-0.4, -0.2) is 19.7 Å². The Hall–Kier alpha value is -3.28. The lowest BCUT2D eigenvalue weighted by Gasteiger charge is -2.07. The van der Waals surface area contributed by atoms with Crippen molar-refractivity contribution in [3.8, 4) is 17.2 Å². The Morgan fingerprint density at radius 1 is 0.958 bits per heavy atom. The second kappa shape index (κ2) is 6.87. The largest absolute Gasteiger partial charge is 0.497 e. The summed E-state index contributed by atoms with van der Waals surface area (Å²) < 4.78 is 20.6. The van der Waals surface area contributed by atoms with Crippen LogP contribution >= 0.6 is 0 Å². The lowest BCUT2D eigenvalue weighted by Crippen LogP contribution is -2.17. The maximum Gasteiger partial charge on any atom is 0.349 e. The Labute approximate surface area is 137 Å². The summed E-state index contributed by atoms with van der Waals surface area (Å²) in [4.78, 5) is 23.1. The van der Waals surface area contributed by atoms with Gasteiger partial charge in [-0.1, -0.05) is 0 Å². The van der Waals surface area contributed by atoms with E-state index in [-0.39, 0.29) is 12.4 Å². The van der Waals surface area contributed by atoms with Crippen molar-refractivity contribution < 1.29 is 23.4 Å². The average molecular weight is 326 g/mol. The van der Waals surface area contributed by atoms with E-state index in [1.807, 2.05) is 0 Å². The predicted molar refractivity (Wildman–Crippen MR) is 86.6 cm³/mol. The van der Waals surface area contributed by atoms with E-state index < -0.39 is 11.6 Å². The molecule has 0 aliphatic carbocycles. The molecule has 3 aromatic rings. The van der Waals surface area contributed by atoms with Crippen molar-refractivity contribution in [3.63, 3.8) is 0 Å². The maximum absolute atomic E-state index is 11.8. The molecule has 0 aliphatic heterocycles. The van der Waals surface area contributed by atoms with Gasteiger partial charge in [0.15, 0.2) is 6.61 Å². The molecule has 24 heavy (non-hydrogen) atoms. The first-order chi connectivity index (χ1) is 11.6. The van der Waals surface area contributed by atoms with Crippen LogP contribution in [0.2, 0.25) is 0 Å². The van der Waals surface area contributed by atoms with Gasteiger partial charge in [0.1, 0.15) is 22.8 Å². The van der Waals surface area contributed by atoms with Gasteiger partial charge in [0.2, 0.25) is 0 Å². The molecule has 2 aromatic carbocycles. The molecule has 0 bridgehead atoms. The van der Waals surface area contributed by atoms with Crippen molar-refractivity contribution in [2.45, 2.75) is 0 Å². The zero-order valence-electron chi connectivity index (χ0n) is 12.9. The van der Waals surface area contributed by atoms with E-state index in [2.05, 4.69) is 0 Å². The SMILES string of the molecule is COc1ccc(OCC(=O)Oc2ccc3ccc(=O)oc3c2)cc1. The summed E-state index contributed by atoms with van der Waals surface area (Å²) in [6, 6.07) is 14.6. The molecule has 0 amide bonds. The molecule has 1 heterocycles. The highest BCUT2D eigenvalue weighted by Gasteiger charge is 2.08. The van der Waals surface area contributed by atoms with Crippen molar-refractivity contribution >= 4 is 16.9 Å². The third kappa shape index (κ3) is 3.73. The highest BCUT2D eigenvalue weighted by Crippen LogP contribution is 2.20. The van der Waals surface area contributed by atoms with Crippen molar-refractivity contribution in [1.82, 2.24) is 0 Å². The van der Waals surface area contributed by atoms with Crippen LogP contribution in [0.1, 0.15) is 0 Å². The summed E-state index contributed by atoms with van der Waals surface area (Å²) >= 11 is 0. The first kappa shape index (κ1) is 15.6. The second-order valence-electron chi connectivity index (χ2n) is 4.89. The monoisotopic (exact) mass is 326 g/mol. The van der Waals surface area contributed by atoms with Crippen LogP contribution in [0.25, 0.3) is 11.0 Å². The van der Waals surface area contributed by atoms with Gasteiger partial charge in [-0.2, -0.15) is 0 Å². The van der Waals surface area contributed by atoms with Gasteiger partial charge >= 0.3 is 11.6 Å². The third-order valence-corrected chi connectivity index (χ3v) is 3.24. The van der Waals surface area contributed by atoms with E-state index >= 15 is 0 Å². The van der Waals surface area contributed by atoms with E-state index in [9.17, 15) is 9.59 Å². The summed E-state index contributed by atoms with van der Waals surface area (Å²) in [7, 11) is 1.57. The molecule has 0 atom stereocenters. The lowest BCUT2D eigenvalue weighted by molar-refractivity contribution is -0.136. The molecule has 0 N–H and O–H groups in total. The van der Waals surface area contributed by atoms with Crippen LogP contribution < -0.4 is 19.8 Å². The first-order valence-corrected chi connectivity index (χ1v) is 7.15. The molecule has 3 rings (SSSR count). The van der Waals surface area contributed by atoms with Gasteiger partial charge in [0.25, 0.3) is 0 Å². The topological polar surface area (TPSA) is 75.0 Å². The Bertz CT molecular complexity index is 911. The number of carbonyl (C=O) groups is 1. The van der Waals surface area contributed by atoms with E-state index in [0.29, 0.717) is 17.1 Å². The minimum Gasteiger partial charge on any atom is -0.497 e. The van der Waals surface area contributed by atoms with E-state index in [4.69, 9.17) is 18.6 Å². The molecule has 0 spiro atoms. The number of carbonyl (C=O) groups excluding carboxylic acids is 1. The van der Waals surface area contributed by atoms with E-state index in [0.717, 1.165) is 5.39 Å². The number of ether oxygens (including phenoxy) is 3. The highest BCUT2D eigenvalue weighted by molar-refractivity contribution is 5.80. The molecular weight excluding hydrogens is 312 g/mol. The fourth-order valence-corrected chi connectivity index (χ4v) is 2.08. The van der Waals surface area contributed by atoms with Gasteiger partial charge in [-0.15, -0.1) is 0 Å². The molecule has 0 saturated heterocycles.